The SMILES string of the molecule is C=CCNc1nnc(S[C@H](CCC)C(=O)Nc2cc(C)on2)s1. The zero-order chi connectivity index (χ0) is 16.7. The van der Waals surface area contributed by atoms with E-state index in [0.717, 1.165) is 22.3 Å². The summed E-state index contributed by atoms with van der Waals surface area (Å²) in [6.45, 7) is 8.09. The lowest BCUT2D eigenvalue weighted by atomic mass is 10.2. The van der Waals surface area contributed by atoms with Gasteiger partial charge in [0.2, 0.25) is 11.0 Å². The monoisotopic (exact) mass is 353 g/mol. The predicted molar refractivity (Wildman–Crippen MR) is 93.0 cm³/mol. The minimum absolute atomic E-state index is 0.110. The molecule has 0 saturated heterocycles. The van der Waals surface area contributed by atoms with Crippen LogP contribution in [0.3, 0.4) is 0 Å². The third-order valence-corrected chi connectivity index (χ3v) is 5.00. The number of anilines is 2. The number of aryl methyl sites for hydroxylation is 1. The van der Waals surface area contributed by atoms with Crippen LogP contribution in [0.4, 0.5) is 10.9 Å². The van der Waals surface area contributed by atoms with Gasteiger partial charge in [-0.05, 0) is 13.3 Å². The Balaban J connectivity index is 1.98. The average molecular weight is 353 g/mol. The Kier molecular flexibility index (Phi) is 6.60. The average Bonchev–Trinajstić information content (AvgIpc) is 3.14. The van der Waals surface area contributed by atoms with Crippen LogP contribution in [0.15, 0.2) is 27.6 Å². The number of hydrogen-bond acceptors (Lipinski definition) is 8. The zero-order valence-electron chi connectivity index (χ0n) is 13.0. The summed E-state index contributed by atoms with van der Waals surface area (Å²) in [6, 6.07) is 1.69. The van der Waals surface area contributed by atoms with Crippen molar-refractivity contribution in [3.8, 4) is 0 Å². The Bertz CT molecular complexity index is 655. The predicted octanol–water partition coefficient (Wildman–Crippen LogP) is 3.33. The van der Waals surface area contributed by atoms with Gasteiger partial charge in [-0.3, -0.25) is 4.79 Å². The molecule has 0 aliphatic rings. The highest BCUT2D eigenvalue weighted by Crippen LogP contribution is 2.31. The molecule has 0 saturated carbocycles. The van der Waals surface area contributed by atoms with Gasteiger partial charge >= 0.3 is 0 Å². The van der Waals surface area contributed by atoms with Gasteiger partial charge in [0.25, 0.3) is 0 Å². The van der Waals surface area contributed by atoms with Crippen LogP contribution < -0.4 is 10.6 Å². The molecular formula is C14H19N5O2S2. The number of aromatic nitrogens is 3. The molecule has 2 N–H and O–H groups in total. The molecule has 2 aromatic heterocycles. The molecule has 7 nitrogen and oxygen atoms in total. The highest BCUT2D eigenvalue weighted by atomic mass is 32.2. The van der Waals surface area contributed by atoms with Crippen LogP contribution in [0.2, 0.25) is 0 Å². The summed E-state index contributed by atoms with van der Waals surface area (Å²) < 4.78 is 5.71. The molecule has 0 spiro atoms. The molecule has 9 heteroatoms. The van der Waals surface area contributed by atoms with Crippen molar-refractivity contribution in [2.24, 2.45) is 0 Å². The lowest BCUT2D eigenvalue weighted by Crippen LogP contribution is -2.25. The molecule has 2 rings (SSSR count). The molecule has 0 aliphatic carbocycles. The van der Waals surface area contributed by atoms with Gasteiger partial charge in [-0.2, -0.15) is 0 Å². The van der Waals surface area contributed by atoms with Crippen molar-refractivity contribution in [1.29, 1.82) is 0 Å². The fourth-order valence-corrected chi connectivity index (χ4v) is 3.86. The van der Waals surface area contributed by atoms with E-state index in [0.29, 0.717) is 18.1 Å². The Hall–Kier alpha value is -1.87. The largest absolute Gasteiger partial charge is 0.360 e. The Morgan fingerprint density at radius 1 is 1.57 bits per heavy atom. The number of carbonyl (C=O) groups is 1. The normalized spacial score (nSPS) is 11.9. The van der Waals surface area contributed by atoms with Crippen molar-refractivity contribution >= 4 is 40.0 Å². The second-order valence-electron chi connectivity index (χ2n) is 4.75. The molecule has 2 heterocycles. The molecule has 0 aromatic carbocycles. The van der Waals surface area contributed by atoms with Crippen molar-refractivity contribution in [2.75, 3.05) is 17.2 Å². The van der Waals surface area contributed by atoms with Crippen LogP contribution in [0.25, 0.3) is 0 Å². The number of nitrogens with zero attached hydrogens (tertiary/aromatic N) is 3. The fraction of sp³-hybridized carbons (Fsp3) is 0.429. The van der Waals surface area contributed by atoms with Gasteiger partial charge in [0.15, 0.2) is 10.2 Å². The van der Waals surface area contributed by atoms with E-state index in [1.165, 1.54) is 23.1 Å². The summed E-state index contributed by atoms with van der Waals surface area (Å²) in [5, 5.41) is 18.3. The summed E-state index contributed by atoms with van der Waals surface area (Å²) in [6.07, 6.45) is 3.38. The second kappa shape index (κ2) is 8.68. The van der Waals surface area contributed by atoms with E-state index in [-0.39, 0.29) is 11.2 Å². The van der Waals surface area contributed by atoms with Crippen LogP contribution in [0, 0.1) is 6.92 Å². The highest BCUT2D eigenvalue weighted by Gasteiger charge is 2.22. The maximum Gasteiger partial charge on any atom is 0.239 e. The number of carbonyl (C=O) groups excluding carboxylic acids is 1. The molecule has 0 radical (unpaired) electrons. The third kappa shape index (κ3) is 5.36. The molecular weight excluding hydrogens is 334 g/mol. The molecule has 0 fully saturated rings. The van der Waals surface area contributed by atoms with Gasteiger partial charge in [0, 0.05) is 12.6 Å². The first kappa shape index (κ1) is 17.5. The van der Waals surface area contributed by atoms with E-state index in [1.54, 1.807) is 19.1 Å². The van der Waals surface area contributed by atoms with E-state index in [1.807, 2.05) is 6.92 Å². The van der Waals surface area contributed by atoms with Crippen molar-refractivity contribution in [3.63, 3.8) is 0 Å². The minimum atomic E-state index is -0.253. The smallest absolute Gasteiger partial charge is 0.239 e. The first-order chi connectivity index (χ1) is 11.1. The zero-order valence-corrected chi connectivity index (χ0v) is 14.7. The summed E-state index contributed by atoms with van der Waals surface area (Å²) in [7, 11) is 0. The molecule has 124 valence electrons. The van der Waals surface area contributed by atoms with Gasteiger partial charge in [0.1, 0.15) is 5.76 Å². The van der Waals surface area contributed by atoms with E-state index in [9.17, 15) is 4.79 Å². The van der Waals surface area contributed by atoms with Crippen molar-refractivity contribution < 1.29 is 9.32 Å². The maximum absolute atomic E-state index is 12.4. The number of thioether (sulfide) groups is 1. The lowest BCUT2D eigenvalue weighted by molar-refractivity contribution is -0.115. The Morgan fingerprint density at radius 2 is 2.39 bits per heavy atom. The topological polar surface area (TPSA) is 92.9 Å². The van der Waals surface area contributed by atoms with Gasteiger partial charge in [0.05, 0.1) is 5.25 Å². The first-order valence-electron chi connectivity index (χ1n) is 7.21. The molecule has 2 aromatic rings. The van der Waals surface area contributed by atoms with Crippen LogP contribution in [-0.4, -0.2) is 33.1 Å². The van der Waals surface area contributed by atoms with Crippen molar-refractivity contribution in [1.82, 2.24) is 15.4 Å². The molecule has 1 amide bonds. The number of rotatable bonds is 9. The molecule has 0 aliphatic heterocycles. The van der Waals surface area contributed by atoms with Crippen LogP contribution >= 0.6 is 23.1 Å². The van der Waals surface area contributed by atoms with E-state index in [2.05, 4.69) is 32.6 Å². The molecule has 23 heavy (non-hydrogen) atoms. The van der Waals surface area contributed by atoms with Crippen molar-refractivity contribution in [3.05, 3.63) is 24.5 Å². The van der Waals surface area contributed by atoms with Gasteiger partial charge in [-0.1, -0.05) is 47.7 Å². The number of hydrogen-bond donors (Lipinski definition) is 2. The lowest BCUT2D eigenvalue weighted by Gasteiger charge is -2.12. The van der Waals surface area contributed by atoms with E-state index >= 15 is 0 Å². The first-order valence-corrected chi connectivity index (χ1v) is 8.91. The highest BCUT2D eigenvalue weighted by molar-refractivity contribution is 8.02. The van der Waals surface area contributed by atoms with Gasteiger partial charge in [-0.15, -0.1) is 16.8 Å². The summed E-state index contributed by atoms with van der Waals surface area (Å²) >= 11 is 2.83. The van der Waals surface area contributed by atoms with Gasteiger partial charge < -0.3 is 15.2 Å². The summed E-state index contributed by atoms with van der Waals surface area (Å²) in [4.78, 5) is 12.4. The fourth-order valence-electron chi connectivity index (χ4n) is 1.75. The van der Waals surface area contributed by atoms with Crippen LogP contribution in [0.1, 0.15) is 25.5 Å². The van der Waals surface area contributed by atoms with Crippen molar-refractivity contribution in [2.45, 2.75) is 36.3 Å². The van der Waals surface area contributed by atoms with Gasteiger partial charge in [-0.25, -0.2) is 0 Å². The quantitative estimate of drug-likeness (QED) is 0.527. The van der Waals surface area contributed by atoms with E-state index in [4.69, 9.17) is 4.52 Å². The standard InChI is InChI=1S/C14H19N5O2S2/c1-4-6-10(12(20)16-11-8-9(3)21-19-11)22-14-18-17-13(23-14)15-7-5-2/h5,8,10H,2,4,6-7H2,1,3H3,(H,15,17)(H,16,19,20)/t10-/m1/s1. The maximum atomic E-state index is 12.4. The molecule has 0 bridgehead atoms. The Labute approximate surface area is 142 Å². The molecule has 0 unspecified atom stereocenters. The summed E-state index contributed by atoms with van der Waals surface area (Å²) in [5.74, 6) is 0.975. The van der Waals surface area contributed by atoms with Crippen LogP contribution in [0.5, 0.6) is 0 Å². The minimum Gasteiger partial charge on any atom is -0.360 e. The van der Waals surface area contributed by atoms with E-state index < -0.39 is 0 Å². The Morgan fingerprint density at radius 3 is 3.04 bits per heavy atom. The summed E-state index contributed by atoms with van der Waals surface area (Å²) in [5.41, 5.74) is 0. The molecule has 1 atom stereocenters. The number of amides is 1. The third-order valence-electron chi connectivity index (χ3n) is 2.77. The van der Waals surface area contributed by atoms with Crippen LogP contribution in [-0.2, 0) is 4.79 Å². The number of nitrogens with one attached hydrogen (secondary N) is 2. The second-order valence-corrected chi connectivity index (χ2v) is 7.18.